The van der Waals surface area contributed by atoms with Gasteiger partial charge in [0, 0.05) is 6.54 Å². The monoisotopic (exact) mass is 304 g/mol. The van der Waals surface area contributed by atoms with E-state index in [9.17, 15) is 4.79 Å². The number of nitrogens with one attached hydrogen (secondary N) is 1. The zero-order chi connectivity index (χ0) is 15.8. The Balaban J connectivity index is 1.56. The van der Waals surface area contributed by atoms with E-state index in [1.807, 2.05) is 32.0 Å². The lowest BCUT2D eigenvalue weighted by molar-refractivity contribution is -0.123. The number of benzene rings is 1. The second kappa shape index (κ2) is 8.79. The molecule has 1 aliphatic rings. The van der Waals surface area contributed by atoms with Crippen molar-refractivity contribution in [3.8, 4) is 5.75 Å². The molecule has 22 heavy (non-hydrogen) atoms. The second-order valence-electron chi connectivity index (χ2n) is 6.16. The molecule has 1 amide bonds. The molecule has 0 spiro atoms. The predicted octanol–water partition coefficient (Wildman–Crippen LogP) is 2.67. The molecule has 0 unspecified atom stereocenters. The summed E-state index contributed by atoms with van der Waals surface area (Å²) >= 11 is 0. The summed E-state index contributed by atoms with van der Waals surface area (Å²) in [5, 5.41) is 2.93. The number of nitrogens with zero attached hydrogens (tertiary/aromatic N) is 1. The SMILES string of the molecule is Cc1ccc(C)c(OCC(=O)NCCCCN2CCCC2)c1. The van der Waals surface area contributed by atoms with Crippen LogP contribution in [0.3, 0.4) is 0 Å². The molecule has 1 saturated heterocycles. The molecule has 4 heteroatoms. The number of hydrogen-bond acceptors (Lipinski definition) is 3. The Hall–Kier alpha value is -1.55. The molecule has 1 aliphatic heterocycles. The molecule has 2 rings (SSSR count). The first-order valence-corrected chi connectivity index (χ1v) is 8.34. The summed E-state index contributed by atoms with van der Waals surface area (Å²) in [7, 11) is 0. The van der Waals surface area contributed by atoms with Crippen LogP contribution in [-0.2, 0) is 4.79 Å². The third kappa shape index (κ3) is 5.68. The largest absolute Gasteiger partial charge is 0.483 e. The number of amides is 1. The van der Waals surface area contributed by atoms with Gasteiger partial charge in [0.2, 0.25) is 0 Å². The van der Waals surface area contributed by atoms with Crippen LogP contribution < -0.4 is 10.1 Å². The Kier molecular flexibility index (Phi) is 6.72. The predicted molar refractivity (Wildman–Crippen MR) is 89.3 cm³/mol. The van der Waals surface area contributed by atoms with E-state index < -0.39 is 0 Å². The number of carbonyl (C=O) groups excluding carboxylic acids is 1. The van der Waals surface area contributed by atoms with Gasteiger partial charge in [-0.2, -0.15) is 0 Å². The van der Waals surface area contributed by atoms with Crippen molar-refractivity contribution in [1.82, 2.24) is 10.2 Å². The molecule has 0 radical (unpaired) electrons. The second-order valence-corrected chi connectivity index (χ2v) is 6.16. The van der Waals surface area contributed by atoms with Crippen LogP contribution in [-0.4, -0.2) is 43.6 Å². The van der Waals surface area contributed by atoms with Crippen molar-refractivity contribution in [2.45, 2.75) is 39.5 Å². The first-order valence-electron chi connectivity index (χ1n) is 8.34. The lowest BCUT2D eigenvalue weighted by Gasteiger charge is -2.14. The van der Waals surface area contributed by atoms with Gasteiger partial charge in [-0.25, -0.2) is 0 Å². The van der Waals surface area contributed by atoms with Crippen LogP contribution in [0.1, 0.15) is 36.8 Å². The molecular formula is C18H28N2O2. The Morgan fingerprint density at radius 1 is 1.23 bits per heavy atom. The van der Waals surface area contributed by atoms with Crippen molar-refractivity contribution < 1.29 is 9.53 Å². The summed E-state index contributed by atoms with van der Waals surface area (Å²) in [5.74, 6) is 0.756. The van der Waals surface area contributed by atoms with Gasteiger partial charge in [-0.1, -0.05) is 12.1 Å². The van der Waals surface area contributed by atoms with Gasteiger partial charge in [-0.3, -0.25) is 4.79 Å². The van der Waals surface area contributed by atoms with E-state index >= 15 is 0 Å². The minimum Gasteiger partial charge on any atom is -0.483 e. The molecule has 0 saturated carbocycles. The molecule has 4 nitrogen and oxygen atoms in total. The summed E-state index contributed by atoms with van der Waals surface area (Å²) in [6, 6.07) is 6.03. The quantitative estimate of drug-likeness (QED) is 0.751. The van der Waals surface area contributed by atoms with Crippen LogP contribution in [0.25, 0.3) is 0 Å². The molecule has 0 aliphatic carbocycles. The van der Waals surface area contributed by atoms with Gasteiger partial charge in [0.05, 0.1) is 0 Å². The first-order chi connectivity index (χ1) is 10.6. The van der Waals surface area contributed by atoms with E-state index in [4.69, 9.17) is 4.74 Å². The van der Waals surface area contributed by atoms with Crippen molar-refractivity contribution in [1.29, 1.82) is 0 Å². The lowest BCUT2D eigenvalue weighted by atomic mass is 10.1. The topological polar surface area (TPSA) is 41.6 Å². The molecule has 1 fully saturated rings. The smallest absolute Gasteiger partial charge is 0.257 e. The molecule has 1 aromatic rings. The van der Waals surface area contributed by atoms with Gasteiger partial charge >= 0.3 is 0 Å². The highest BCUT2D eigenvalue weighted by molar-refractivity contribution is 5.77. The van der Waals surface area contributed by atoms with Gasteiger partial charge < -0.3 is 15.0 Å². The molecule has 1 N–H and O–H groups in total. The average Bonchev–Trinajstić information content (AvgIpc) is 3.01. The molecule has 122 valence electrons. The van der Waals surface area contributed by atoms with Crippen LogP contribution in [0.15, 0.2) is 18.2 Å². The number of rotatable bonds is 8. The normalized spacial score (nSPS) is 15.0. The standard InChI is InChI=1S/C18H28N2O2/c1-15-7-8-16(2)17(13-15)22-14-18(21)19-9-3-4-10-20-11-5-6-12-20/h7-8,13H,3-6,9-12,14H2,1-2H3,(H,19,21). The van der Waals surface area contributed by atoms with Crippen molar-refractivity contribution in [2.24, 2.45) is 0 Å². The van der Waals surface area contributed by atoms with Gasteiger partial charge in [0.25, 0.3) is 5.91 Å². The van der Waals surface area contributed by atoms with Crippen molar-refractivity contribution in [3.63, 3.8) is 0 Å². The van der Waals surface area contributed by atoms with Gasteiger partial charge in [0.1, 0.15) is 5.75 Å². The Morgan fingerprint density at radius 2 is 2.00 bits per heavy atom. The summed E-state index contributed by atoms with van der Waals surface area (Å²) in [6.07, 6.45) is 4.86. The zero-order valence-corrected chi connectivity index (χ0v) is 13.9. The fourth-order valence-corrected chi connectivity index (χ4v) is 2.75. The molecule has 1 aromatic carbocycles. The van der Waals surface area contributed by atoms with Crippen LogP contribution >= 0.6 is 0 Å². The highest BCUT2D eigenvalue weighted by Gasteiger charge is 2.10. The molecule has 0 atom stereocenters. The fraction of sp³-hybridized carbons (Fsp3) is 0.611. The summed E-state index contributed by atoms with van der Waals surface area (Å²) in [4.78, 5) is 14.3. The number of aryl methyl sites for hydroxylation is 2. The maximum Gasteiger partial charge on any atom is 0.257 e. The highest BCUT2D eigenvalue weighted by Crippen LogP contribution is 2.18. The van der Waals surface area contributed by atoms with Crippen LogP contribution in [0.4, 0.5) is 0 Å². The van der Waals surface area contributed by atoms with E-state index in [2.05, 4.69) is 10.2 Å². The maximum atomic E-state index is 11.8. The number of likely N-dealkylation sites (tertiary alicyclic amines) is 1. The van der Waals surface area contributed by atoms with Gasteiger partial charge in [0.15, 0.2) is 6.61 Å². The third-order valence-corrected chi connectivity index (χ3v) is 4.12. The molecule has 1 heterocycles. The maximum absolute atomic E-state index is 11.8. The zero-order valence-electron chi connectivity index (χ0n) is 13.9. The molecule has 0 aromatic heterocycles. The van der Waals surface area contributed by atoms with Crippen LogP contribution in [0.5, 0.6) is 5.75 Å². The van der Waals surface area contributed by atoms with E-state index in [-0.39, 0.29) is 12.5 Å². The Labute approximate surface area is 133 Å². The van der Waals surface area contributed by atoms with Crippen molar-refractivity contribution >= 4 is 5.91 Å². The minimum atomic E-state index is -0.0397. The summed E-state index contributed by atoms with van der Waals surface area (Å²) in [5.41, 5.74) is 2.20. The summed E-state index contributed by atoms with van der Waals surface area (Å²) in [6.45, 7) is 8.50. The number of hydrogen-bond donors (Lipinski definition) is 1. The van der Waals surface area contributed by atoms with Crippen molar-refractivity contribution in [3.05, 3.63) is 29.3 Å². The van der Waals surface area contributed by atoms with Crippen LogP contribution in [0.2, 0.25) is 0 Å². The third-order valence-electron chi connectivity index (χ3n) is 4.12. The summed E-state index contributed by atoms with van der Waals surface area (Å²) < 4.78 is 5.60. The van der Waals surface area contributed by atoms with Gasteiger partial charge in [-0.15, -0.1) is 0 Å². The van der Waals surface area contributed by atoms with Crippen LogP contribution in [0, 0.1) is 13.8 Å². The number of unbranched alkanes of at least 4 members (excludes halogenated alkanes) is 1. The number of ether oxygens (including phenoxy) is 1. The number of carbonyl (C=O) groups is 1. The molecule has 0 bridgehead atoms. The molecular weight excluding hydrogens is 276 g/mol. The lowest BCUT2D eigenvalue weighted by Crippen LogP contribution is -2.30. The highest BCUT2D eigenvalue weighted by atomic mass is 16.5. The van der Waals surface area contributed by atoms with Crippen molar-refractivity contribution in [2.75, 3.05) is 32.8 Å². The van der Waals surface area contributed by atoms with Gasteiger partial charge in [-0.05, 0) is 76.4 Å². The Morgan fingerprint density at radius 3 is 2.77 bits per heavy atom. The minimum absolute atomic E-state index is 0.0397. The Bertz CT molecular complexity index is 482. The van der Waals surface area contributed by atoms with E-state index in [0.717, 1.165) is 42.8 Å². The van der Waals surface area contributed by atoms with E-state index in [0.29, 0.717) is 0 Å². The fourth-order valence-electron chi connectivity index (χ4n) is 2.75. The van der Waals surface area contributed by atoms with E-state index in [1.165, 1.54) is 25.9 Å². The average molecular weight is 304 g/mol. The first kappa shape index (κ1) is 16.8. The van der Waals surface area contributed by atoms with E-state index in [1.54, 1.807) is 0 Å².